The average Bonchev–Trinajstić information content (AvgIpc) is 3.28. The largest absolute Gasteiger partial charge is 0.485 e. The Hall–Kier alpha value is -2.37. The maximum Gasteiger partial charge on any atom is 0.134 e. The van der Waals surface area contributed by atoms with Crippen molar-refractivity contribution in [1.29, 1.82) is 0 Å². The van der Waals surface area contributed by atoms with Crippen molar-refractivity contribution in [3.05, 3.63) is 81.8 Å². The number of anilines is 1. The van der Waals surface area contributed by atoms with Gasteiger partial charge in [-0.1, -0.05) is 30.3 Å². The second-order valence-electron chi connectivity index (χ2n) is 7.42. The number of rotatable bonds is 8. The second-order valence-corrected chi connectivity index (χ2v) is 8.40. The van der Waals surface area contributed by atoms with Gasteiger partial charge < -0.3 is 15.0 Å². The van der Waals surface area contributed by atoms with Crippen molar-refractivity contribution in [2.45, 2.75) is 31.9 Å². The molecule has 1 aliphatic heterocycles. The van der Waals surface area contributed by atoms with Gasteiger partial charge in [-0.25, -0.2) is 4.39 Å². The maximum atomic E-state index is 14.9. The van der Waals surface area contributed by atoms with Gasteiger partial charge in [-0.3, -0.25) is 0 Å². The van der Waals surface area contributed by atoms with Crippen LogP contribution < -0.4 is 15.0 Å². The first-order chi connectivity index (χ1) is 14.2. The van der Waals surface area contributed by atoms with Crippen LogP contribution in [0, 0.1) is 5.82 Å². The summed E-state index contributed by atoms with van der Waals surface area (Å²) < 4.78 is 21.1. The Morgan fingerprint density at radius 2 is 2.07 bits per heavy atom. The van der Waals surface area contributed by atoms with E-state index in [1.165, 1.54) is 17.3 Å². The predicted molar refractivity (Wildman–Crippen MR) is 118 cm³/mol. The van der Waals surface area contributed by atoms with Crippen molar-refractivity contribution in [2.24, 2.45) is 0 Å². The van der Waals surface area contributed by atoms with Gasteiger partial charge in [0.15, 0.2) is 0 Å². The van der Waals surface area contributed by atoms with Crippen LogP contribution in [0.2, 0.25) is 0 Å². The Bertz CT molecular complexity index is 928. The third-order valence-electron chi connectivity index (χ3n) is 5.39. The van der Waals surface area contributed by atoms with Crippen LogP contribution in [0.3, 0.4) is 0 Å². The minimum atomic E-state index is -0.205. The normalized spacial score (nSPS) is 14.5. The number of hydrogen-bond acceptors (Lipinski definition) is 4. The molecule has 5 heteroatoms. The zero-order chi connectivity index (χ0) is 20.1. The Kier molecular flexibility index (Phi) is 6.47. The highest BCUT2D eigenvalue weighted by Gasteiger charge is 2.19. The standard InChI is InChI=1S/C24H27FN2OS/c1-26-13-12-23(24-9-5-15-29-24)28-20-11-10-19(21(25)16-20)17-27-14-4-7-18-6-2-3-8-22(18)27/h2-3,5-6,8-11,15-16,23,26H,4,7,12-14,17H2,1H3. The van der Waals surface area contributed by atoms with E-state index in [1.807, 2.05) is 30.6 Å². The summed E-state index contributed by atoms with van der Waals surface area (Å²) in [5.41, 5.74) is 3.28. The molecule has 4 rings (SSSR count). The molecule has 29 heavy (non-hydrogen) atoms. The van der Waals surface area contributed by atoms with E-state index < -0.39 is 0 Å². The summed E-state index contributed by atoms with van der Waals surface area (Å²) >= 11 is 1.67. The number of ether oxygens (including phenoxy) is 1. The molecule has 0 spiro atoms. The number of benzene rings is 2. The van der Waals surface area contributed by atoms with Gasteiger partial charge in [0.1, 0.15) is 17.7 Å². The summed E-state index contributed by atoms with van der Waals surface area (Å²) in [6, 6.07) is 17.8. The van der Waals surface area contributed by atoms with E-state index in [0.717, 1.165) is 37.2 Å². The summed E-state index contributed by atoms with van der Waals surface area (Å²) in [6.07, 6.45) is 2.97. The summed E-state index contributed by atoms with van der Waals surface area (Å²) in [7, 11) is 1.93. The highest BCUT2D eigenvalue weighted by Crippen LogP contribution is 2.31. The fourth-order valence-corrected chi connectivity index (χ4v) is 4.67. The lowest BCUT2D eigenvalue weighted by atomic mass is 10.0. The van der Waals surface area contributed by atoms with Gasteiger partial charge in [0.2, 0.25) is 0 Å². The van der Waals surface area contributed by atoms with E-state index >= 15 is 0 Å². The van der Waals surface area contributed by atoms with E-state index in [0.29, 0.717) is 17.9 Å². The lowest BCUT2D eigenvalue weighted by Gasteiger charge is -2.31. The van der Waals surface area contributed by atoms with Gasteiger partial charge in [-0.15, -0.1) is 11.3 Å². The average molecular weight is 411 g/mol. The molecular formula is C24H27FN2OS. The zero-order valence-electron chi connectivity index (χ0n) is 16.7. The molecule has 0 bridgehead atoms. The lowest BCUT2D eigenvalue weighted by molar-refractivity contribution is 0.198. The van der Waals surface area contributed by atoms with Gasteiger partial charge in [-0.05, 0) is 55.6 Å². The molecule has 2 heterocycles. The number of halogens is 1. The molecule has 1 aromatic heterocycles. The van der Waals surface area contributed by atoms with Crippen LogP contribution in [0.1, 0.15) is 34.9 Å². The monoisotopic (exact) mass is 410 g/mol. The van der Waals surface area contributed by atoms with E-state index in [9.17, 15) is 4.39 Å². The van der Waals surface area contributed by atoms with Gasteiger partial charge in [0.05, 0.1) is 0 Å². The minimum Gasteiger partial charge on any atom is -0.485 e. The minimum absolute atomic E-state index is 0.0679. The Balaban J connectivity index is 1.48. The highest BCUT2D eigenvalue weighted by molar-refractivity contribution is 7.10. The van der Waals surface area contributed by atoms with Crippen molar-refractivity contribution < 1.29 is 9.13 Å². The van der Waals surface area contributed by atoms with Gasteiger partial charge in [0, 0.05) is 41.7 Å². The number of nitrogens with one attached hydrogen (secondary N) is 1. The molecule has 152 valence electrons. The molecule has 0 amide bonds. The topological polar surface area (TPSA) is 24.5 Å². The Morgan fingerprint density at radius 1 is 1.17 bits per heavy atom. The Morgan fingerprint density at radius 3 is 2.86 bits per heavy atom. The fraction of sp³-hybridized carbons (Fsp3) is 0.333. The van der Waals surface area contributed by atoms with Gasteiger partial charge in [0.25, 0.3) is 0 Å². The third-order valence-corrected chi connectivity index (χ3v) is 6.35. The van der Waals surface area contributed by atoms with Crippen molar-refractivity contribution >= 4 is 17.0 Å². The summed E-state index contributed by atoms with van der Waals surface area (Å²) in [5, 5.41) is 5.21. The molecule has 3 aromatic rings. The van der Waals surface area contributed by atoms with Crippen molar-refractivity contribution in [1.82, 2.24) is 5.32 Å². The van der Waals surface area contributed by atoms with Gasteiger partial charge in [-0.2, -0.15) is 0 Å². The first kappa shape index (κ1) is 19.9. The SMILES string of the molecule is CNCCC(Oc1ccc(CN2CCCc3ccccc32)c(F)c1)c1cccs1. The third kappa shape index (κ3) is 4.80. The number of aryl methyl sites for hydroxylation is 1. The fourth-order valence-electron chi connectivity index (χ4n) is 3.88. The molecule has 3 nitrogen and oxygen atoms in total. The smallest absolute Gasteiger partial charge is 0.134 e. The van der Waals surface area contributed by atoms with Crippen LogP contribution in [0.5, 0.6) is 5.75 Å². The van der Waals surface area contributed by atoms with Crippen LogP contribution in [-0.4, -0.2) is 20.1 Å². The molecule has 1 unspecified atom stereocenters. The number of fused-ring (bicyclic) bond motifs is 1. The van der Waals surface area contributed by atoms with Crippen LogP contribution in [-0.2, 0) is 13.0 Å². The molecule has 2 aromatic carbocycles. The zero-order valence-corrected chi connectivity index (χ0v) is 17.6. The maximum absolute atomic E-state index is 14.9. The quantitative estimate of drug-likeness (QED) is 0.525. The second kappa shape index (κ2) is 9.42. The number of hydrogen-bond donors (Lipinski definition) is 1. The molecule has 0 saturated carbocycles. The summed E-state index contributed by atoms with van der Waals surface area (Å²) in [4.78, 5) is 3.44. The molecule has 1 aliphatic rings. The van der Waals surface area contributed by atoms with E-state index in [1.54, 1.807) is 11.3 Å². The molecular weight excluding hydrogens is 383 g/mol. The molecule has 0 fully saturated rings. The van der Waals surface area contributed by atoms with Crippen molar-refractivity contribution in [2.75, 3.05) is 25.0 Å². The number of para-hydroxylation sites is 1. The number of nitrogens with zero attached hydrogens (tertiary/aromatic N) is 1. The van der Waals surface area contributed by atoms with Crippen LogP contribution in [0.15, 0.2) is 60.0 Å². The van der Waals surface area contributed by atoms with E-state index in [-0.39, 0.29) is 11.9 Å². The van der Waals surface area contributed by atoms with Crippen LogP contribution in [0.4, 0.5) is 10.1 Å². The van der Waals surface area contributed by atoms with E-state index in [4.69, 9.17) is 4.74 Å². The first-order valence-corrected chi connectivity index (χ1v) is 11.1. The predicted octanol–water partition coefficient (Wildman–Crippen LogP) is 5.57. The molecule has 0 saturated heterocycles. The molecule has 0 aliphatic carbocycles. The Labute approximate surface area is 176 Å². The summed E-state index contributed by atoms with van der Waals surface area (Å²) in [6.45, 7) is 2.38. The molecule has 1 N–H and O–H groups in total. The van der Waals surface area contributed by atoms with Crippen LogP contribution >= 0.6 is 11.3 Å². The number of thiophene rings is 1. The van der Waals surface area contributed by atoms with Crippen molar-refractivity contribution in [3.63, 3.8) is 0 Å². The van der Waals surface area contributed by atoms with E-state index in [2.05, 4.69) is 40.5 Å². The highest BCUT2D eigenvalue weighted by atomic mass is 32.1. The molecule has 0 radical (unpaired) electrons. The van der Waals surface area contributed by atoms with Crippen LogP contribution in [0.25, 0.3) is 0 Å². The molecule has 1 atom stereocenters. The van der Waals surface area contributed by atoms with Crippen molar-refractivity contribution in [3.8, 4) is 5.75 Å². The van der Waals surface area contributed by atoms with Gasteiger partial charge >= 0.3 is 0 Å². The first-order valence-electron chi connectivity index (χ1n) is 10.2. The lowest BCUT2D eigenvalue weighted by Crippen LogP contribution is -2.29. The summed E-state index contributed by atoms with van der Waals surface area (Å²) in [5.74, 6) is 0.379.